The third kappa shape index (κ3) is 3.56. The maximum Gasteiger partial charge on any atom is 0.454 e. The molecule has 1 nitrogen and oxygen atoms in total. The number of halogens is 21. The van der Waals surface area contributed by atoms with E-state index in [1.54, 1.807) is 0 Å². The molecule has 0 fully saturated rings. The Hall–Kier alpha value is -3.85. The molecule has 246 valence electrons. The summed E-state index contributed by atoms with van der Waals surface area (Å²) in [6.45, 7) is 0. The Balaban J connectivity index is 2.56. The van der Waals surface area contributed by atoms with Gasteiger partial charge in [0.15, 0.2) is 80.8 Å². The minimum Gasteiger partial charge on any atom is -0.374 e. The molecule has 0 aromatic heterocycles. The van der Waals surface area contributed by atoms with Crippen molar-refractivity contribution in [2.75, 3.05) is 0 Å². The van der Waals surface area contributed by atoms with E-state index in [9.17, 15) is 71.0 Å². The molecule has 1 aliphatic rings. The van der Waals surface area contributed by atoms with Gasteiger partial charge < -0.3 is 5.11 Å². The quantitative estimate of drug-likeness (QED) is 0.168. The van der Waals surface area contributed by atoms with Crippen molar-refractivity contribution in [1.29, 1.82) is 0 Å². The van der Waals surface area contributed by atoms with Gasteiger partial charge in [0, 0.05) is 11.1 Å². The average molecular weight is 692 g/mol. The second kappa shape index (κ2) is 9.58. The number of hydrogen-bond donors (Lipinski definition) is 1. The first-order valence-corrected chi connectivity index (χ1v) is 10.7. The van der Waals surface area contributed by atoms with Crippen LogP contribution in [0.1, 0.15) is 22.3 Å². The van der Waals surface area contributed by atoms with Crippen LogP contribution in [0, 0.1) is 81.4 Å². The summed E-state index contributed by atoms with van der Waals surface area (Å²) in [5.74, 6) is -69.1. The van der Waals surface area contributed by atoms with Crippen molar-refractivity contribution < 1.29 is 97.3 Å². The molecule has 0 spiro atoms. The summed E-state index contributed by atoms with van der Waals surface area (Å²) in [5, 5.41) is 10.8. The second-order valence-electron chi connectivity index (χ2n) is 9.00. The van der Waals surface area contributed by atoms with Crippen LogP contribution in [-0.4, -0.2) is 23.1 Å². The largest absolute Gasteiger partial charge is 0.454 e. The first-order chi connectivity index (χ1) is 20.2. The highest BCUT2D eigenvalue weighted by Crippen LogP contribution is 2.72. The van der Waals surface area contributed by atoms with Gasteiger partial charge in [-0.2, -0.15) is 22.0 Å². The molecule has 4 rings (SSSR count). The monoisotopic (exact) mass is 692 g/mol. The number of alkyl halides is 7. The summed E-state index contributed by atoms with van der Waals surface area (Å²) >= 11 is 0. The summed E-state index contributed by atoms with van der Waals surface area (Å²) in [6.07, 6.45) is -7.98. The third-order valence-electron chi connectivity index (χ3n) is 6.91. The Morgan fingerprint density at radius 2 is 0.600 bits per heavy atom. The van der Waals surface area contributed by atoms with Gasteiger partial charge in [0.2, 0.25) is 11.6 Å². The van der Waals surface area contributed by atoms with Gasteiger partial charge >= 0.3 is 18.0 Å². The van der Waals surface area contributed by atoms with E-state index in [0.717, 1.165) is 0 Å². The van der Waals surface area contributed by atoms with E-state index in [1.165, 1.54) is 0 Å². The predicted molar refractivity (Wildman–Crippen MR) is 98.5 cm³/mol. The number of rotatable bonds is 3. The fraction of sp³-hybridized carbons (Fsp3) is 0.217. The van der Waals surface area contributed by atoms with Crippen LogP contribution in [-0.2, 0) is 11.0 Å². The zero-order valence-electron chi connectivity index (χ0n) is 19.9. The summed E-state index contributed by atoms with van der Waals surface area (Å²) in [7, 11) is 0. The number of benzene rings is 3. The van der Waals surface area contributed by atoms with Gasteiger partial charge in [0.1, 0.15) is 0 Å². The van der Waals surface area contributed by atoms with Crippen LogP contribution in [0.3, 0.4) is 0 Å². The SMILES string of the molecule is OC1(c2c(F)c(F)c(F)c(F)c2F)c2c(F)c(F)c(F)c(F)c2C(c2c(F)c(F)c(F)c(F)c2F)(C(F)(F)C(F)(F)F)C1(F)F. The van der Waals surface area contributed by atoms with Gasteiger partial charge in [0.05, 0.1) is 11.1 Å². The highest BCUT2D eigenvalue weighted by atomic mass is 19.4. The number of fused-ring (bicyclic) bond motifs is 1. The van der Waals surface area contributed by atoms with Crippen molar-refractivity contribution >= 4 is 0 Å². The Kier molecular flexibility index (Phi) is 7.24. The second-order valence-corrected chi connectivity index (χ2v) is 9.00. The fourth-order valence-electron chi connectivity index (χ4n) is 5.05. The Morgan fingerprint density at radius 3 is 0.911 bits per heavy atom. The lowest BCUT2D eigenvalue weighted by Crippen LogP contribution is -2.67. The van der Waals surface area contributed by atoms with Crippen molar-refractivity contribution in [2.24, 2.45) is 0 Å². The summed E-state index contributed by atoms with van der Waals surface area (Å²) in [5.41, 5.74) is -30.2. The Bertz CT molecular complexity index is 1750. The summed E-state index contributed by atoms with van der Waals surface area (Å²) < 4.78 is 307. The van der Waals surface area contributed by atoms with Gasteiger partial charge in [-0.15, -0.1) is 0 Å². The highest BCUT2D eigenvalue weighted by molar-refractivity contribution is 5.64. The molecule has 2 unspecified atom stereocenters. The lowest BCUT2D eigenvalue weighted by molar-refractivity contribution is -0.341. The van der Waals surface area contributed by atoms with Crippen molar-refractivity contribution in [3.63, 3.8) is 0 Å². The van der Waals surface area contributed by atoms with Crippen molar-refractivity contribution in [3.8, 4) is 0 Å². The molecule has 0 heterocycles. The Morgan fingerprint density at radius 1 is 0.356 bits per heavy atom. The van der Waals surface area contributed by atoms with E-state index in [4.69, 9.17) is 0 Å². The molecule has 3 aromatic rings. The third-order valence-corrected chi connectivity index (χ3v) is 6.91. The zero-order valence-corrected chi connectivity index (χ0v) is 19.9. The van der Waals surface area contributed by atoms with E-state index >= 15 is 26.3 Å². The minimum atomic E-state index is -8.16. The molecular formula is C23HF21O. The van der Waals surface area contributed by atoms with Gasteiger partial charge in [0.25, 0.3) is 0 Å². The van der Waals surface area contributed by atoms with Crippen LogP contribution >= 0.6 is 0 Å². The average Bonchev–Trinajstić information content (AvgIpc) is 3.11. The summed E-state index contributed by atoms with van der Waals surface area (Å²) in [6, 6.07) is 0. The van der Waals surface area contributed by atoms with Crippen LogP contribution in [0.15, 0.2) is 0 Å². The van der Waals surface area contributed by atoms with E-state index in [2.05, 4.69) is 0 Å². The van der Waals surface area contributed by atoms with Gasteiger partial charge in [-0.05, 0) is 0 Å². The molecule has 0 saturated heterocycles. The molecule has 2 atom stereocenters. The Labute approximate surface area is 231 Å². The lowest BCUT2D eigenvalue weighted by atomic mass is 9.65. The molecule has 45 heavy (non-hydrogen) atoms. The molecule has 0 radical (unpaired) electrons. The number of hydrogen-bond acceptors (Lipinski definition) is 1. The van der Waals surface area contributed by atoms with Gasteiger partial charge in [-0.3, -0.25) is 0 Å². The van der Waals surface area contributed by atoms with E-state index in [1.807, 2.05) is 0 Å². The smallest absolute Gasteiger partial charge is 0.374 e. The maximum absolute atomic E-state index is 16.4. The van der Waals surface area contributed by atoms with Crippen LogP contribution in [0.25, 0.3) is 0 Å². The van der Waals surface area contributed by atoms with E-state index in [-0.39, 0.29) is 0 Å². The predicted octanol–water partition coefficient (Wildman–Crippen LogP) is 8.00. The molecule has 1 aliphatic carbocycles. The molecule has 0 bridgehead atoms. The molecule has 0 saturated carbocycles. The number of aliphatic hydroxyl groups is 1. The summed E-state index contributed by atoms with van der Waals surface area (Å²) in [4.78, 5) is 0. The van der Waals surface area contributed by atoms with Crippen molar-refractivity contribution in [1.82, 2.24) is 0 Å². The van der Waals surface area contributed by atoms with Crippen LogP contribution in [0.2, 0.25) is 0 Å². The van der Waals surface area contributed by atoms with Crippen LogP contribution < -0.4 is 0 Å². The van der Waals surface area contributed by atoms with Gasteiger partial charge in [-0.25, -0.2) is 70.2 Å². The molecule has 0 amide bonds. The minimum absolute atomic E-state index is 3.39. The highest BCUT2D eigenvalue weighted by Gasteiger charge is 2.90. The zero-order chi connectivity index (χ0) is 34.9. The normalized spacial score (nSPS) is 21.5. The fourth-order valence-corrected chi connectivity index (χ4v) is 5.05. The standard InChI is InChI=1S/C23HF21O/c24-5-1-2(6(25)12(31)11(5)30)20(45,4-9(28)15(34)18(37)16(35)10(4)29)21(38,39)19(1,22(40,41)23(42,43)44)3-7(26)13(32)17(36)14(33)8(3)27/h45H. The van der Waals surface area contributed by atoms with Crippen molar-refractivity contribution in [2.45, 2.75) is 29.0 Å². The molecule has 3 aromatic carbocycles. The first kappa shape index (κ1) is 34.0. The lowest BCUT2D eigenvalue weighted by Gasteiger charge is -2.45. The van der Waals surface area contributed by atoms with E-state index < -0.39 is 133 Å². The van der Waals surface area contributed by atoms with E-state index in [0.29, 0.717) is 0 Å². The molecule has 0 aliphatic heterocycles. The topological polar surface area (TPSA) is 20.2 Å². The van der Waals surface area contributed by atoms with Crippen LogP contribution in [0.5, 0.6) is 0 Å². The maximum atomic E-state index is 16.4. The van der Waals surface area contributed by atoms with Crippen molar-refractivity contribution in [3.05, 3.63) is 104 Å². The van der Waals surface area contributed by atoms with Crippen LogP contribution in [0.4, 0.5) is 92.2 Å². The molecule has 1 N–H and O–H groups in total. The molecular weight excluding hydrogens is 691 g/mol. The molecule has 22 heteroatoms. The van der Waals surface area contributed by atoms with Gasteiger partial charge in [-0.1, -0.05) is 0 Å². The first-order valence-electron chi connectivity index (χ1n) is 10.7.